The first-order chi connectivity index (χ1) is 12.7. The van der Waals surface area contributed by atoms with Gasteiger partial charge in [0.2, 0.25) is 11.8 Å². The molecule has 1 atom stereocenters. The average Bonchev–Trinajstić information content (AvgIpc) is 3.14. The van der Waals surface area contributed by atoms with Gasteiger partial charge in [-0.3, -0.25) is 9.59 Å². The molecule has 0 bridgehead atoms. The minimum Gasteiger partial charge on any atom is -0.369 e. The summed E-state index contributed by atoms with van der Waals surface area (Å²) in [4.78, 5) is 26.7. The Morgan fingerprint density at radius 1 is 1.19 bits per heavy atom. The molecule has 3 aromatic rings. The van der Waals surface area contributed by atoms with Crippen LogP contribution in [0.25, 0.3) is 11.0 Å². The highest BCUT2D eigenvalue weighted by atomic mass is 32.1. The fraction of sp³-hybridized carbons (Fsp3) is 0.222. The van der Waals surface area contributed by atoms with Crippen LogP contribution in [0, 0.1) is 0 Å². The van der Waals surface area contributed by atoms with Crippen LogP contribution in [-0.4, -0.2) is 44.7 Å². The molecule has 4 rings (SSSR count). The number of hydrogen-bond acceptors (Lipinski definition) is 6. The molecule has 1 aliphatic heterocycles. The van der Waals surface area contributed by atoms with Crippen LogP contribution in [0.5, 0.6) is 0 Å². The Balaban J connectivity index is 1.56. The number of nitrogens with zero attached hydrogens (tertiary/aromatic N) is 3. The smallest absolute Gasteiger partial charge is 0.249 e. The molecule has 1 saturated heterocycles. The standard InChI is InChI=1S/C18H16N4O3S/c23-16-11-25-10-15(22(16)9-12-5-2-1-3-6-12)18(24)19-13-7-4-8-14-17(13)21-26-20-14/h1-8,15H,9-11H2,(H,19,24)/t15-/m0/s1. The Labute approximate surface area is 153 Å². The van der Waals surface area contributed by atoms with Gasteiger partial charge in [-0.25, -0.2) is 0 Å². The SMILES string of the molecule is O=C(Nc1cccc2nsnc12)[C@@H]1COCC(=O)N1Cc1ccccc1. The third-order valence-electron chi connectivity index (χ3n) is 4.24. The van der Waals surface area contributed by atoms with Crippen LogP contribution in [0.1, 0.15) is 5.56 Å². The first-order valence-electron chi connectivity index (χ1n) is 8.15. The second-order valence-corrected chi connectivity index (χ2v) is 6.49. The van der Waals surface area contributed by atoms with Crippen LogP contribution in [0.4, 0.5) is 5.69 Å². The largest absolute Gasteiger partial charge is 0.369 e. The van der Waals surface area contributed by atoms with Gasteiger partial charge in [-0.15, -0.1) is 0 Å². The summed E-state index contributed by atoms with van der Waals surface area (Å²) < 4.78 is 13.7. The Morgan fingerprint density at radius 3 is 2.88 bits per heavy atom. The monoisotopic (exact) mass is 368 g/mol. The maximum atomic E-state index is 12.8. The van der Waals surface area contributed by atoms with Gasteiger partial charge in [-0.1, -0.05) is 36.4 Å². The number of amides is 2. The summed E-state index contributed by atoms with van der Waals surface area (Å²) in [6, 6.07) is 14.3. The summed E-state index contributed by atoms with van der Waals surface area (Å²) in [5.41, 5.74) is 2.92. The van der Waals surface area contributed by atoms with E-state index in [9.17, 15) is 9.59 Å². The van der Waals surface area contributed by atoms with Gasteiger partial charge in [0.25, 0.3) is 0 Å². The highest BCUT2D eigenvalue weighted by Gasteiger charge is 2.34. The summed E-state index contributed by atoms with van der Waals surface area (Å²) in [7, 11) is 0. The average molecular weight is 368 g/mol. The van der Waals surface area contributed by atoms with Crippen LogP contribution in [0.15, 0.2) is 48.5 Å². The summed E-state index contributed by atoms with van der Waals surface area (Å²) in [5.74, 6) is -0.497. The van der Waals surface area contributed by atoms with Crippen LogP contribution in [0.2, 0.25) is 0 Å². The number of rotatable bonds is 4. The lowest BCUT2D eigenvalue weighted by atomic mass is 10.1. The van der Waals surface area contributed by atoms with Crippen molar-refractivity contribution in [3.63, 3.8) is 0 Å². The third kappa shape index (κ3) is 3.29. The van der Waals surface area contributed by atoms with Crippen molar-refractivity contribution in [2.75, 3.05) is 18.5 Å². The quantitative estimate of drug-likeness (QED) is 0.762. The van der Waals surface area contributed by atoms with E-state index in [-0.39, 0.29) is 25.0 Å². The van der Waals surface area contributed by atoms with Gasteiger partial charge in [0.1, 0.15) is 23.7 Å². The lowest BCUT2D eigenvalue weighted by Crippen LogP contribution is -2.54. The van der Waals surface area contributed by atoms with Gasteiger partial charge >= 0.3 is 0 Å². The number of hydrogen-bond donors (Lipinski definition) is 1. The van der Waals surface area contributed by atoms with E-state index in [1.54, 1.807) is 11.0 Å². The molecule has 0 aliphatic carbocycles. The molecule has 1 N–H and O–H groups in total. The second-order valence-electron chi connectivity index (χ2n) is 5.96. The van der Waals surface area contributed by atoms with Crippen LogP contribution in [-0.2, 0) is 20.9 Å². The van der Waals surface area contributed by atoms with Crippen molar-refractivity contribution in [2.45, 2.75) is 12.6 Å². The normalized spacial score (nSPS) is 17.5. The van der Waals surface area contributed by atoms with E-state index in [0.29, 0.717) is 17.7 Å². The number of anilines is 1. The number of fused-ring (bicyclic) bond motifs is 1. The van der Waals surface area contributed by atoms with Crippen molar-refractivity contribution in [1.29, 1.82) is 0 Å². The molecule has 132 valence electrons. The molecule has 26 heavy (non-hydrogen) atoms. The third-order valence-corrected chi connectivity index (χ3v) is 4.78. The molecular weight excluding hydrogens is 352 g/mol. The fourth-order valence-corrected chi connectivity index (χ4v) is 3.47. The number of nitrogens with one attached hydrogen (secondary N) is 1. The second kappa shape index (κ2) is 7.19. The number of morpholine rings is 1. The van der Waals surface area contributed by atoms with E-state index in [1.807, 2.05) is 42.5 Å². The van der Waals surface area contributed by atoms with Gasteiger partial charge in [0.15, 0.2) is 0 Å². The van der Waals surface area contributed by atoms with Gasteiger partial charge < -0.3 is 15.0 Å². The Bertz CT molecular complexity index is 944. The van der Waals surface area contributed by atoms with E-state index in [1.165, 1.54) is 0 Å². The molecule has 0 saturated carbocycles. The zero-order valence-electron chi connectivity index (χ0n) is 13.8. The highest BCUT2D eigenvalue weighted by Crippen LogP contribution is 2.22. The summed E-state index contributed by atoms with van der Waals surface area (Å²) >= 11 is 1.09. The van der Waals surface area contributed by atoms with E-state index in [0.717, 1.165) is 22.8 Å². The molecular formula is C18H16N4O3S. The van der Waals surface area contributed by atoms with Crippen molar-refractivity contribution < 1.29 is 14.3 Å². The Hall–Kier alpha value is -2.84. The van der Waals surface area contributed by atoms with E-state index in [2.05, 4.69) is 14.1 Å². The summed E-state index contributed by atoms with van der Waals surface area (Å²) in [6.45, 7) is 0.515. The van der Waals surface area contributed by atoms with Crippen molar-refractivity contribution in [3.8, 4) is 0 Å². The lowest BCUT2D eigenvalue weighted by molar-refractivity contribution is -0.154. The van der Waals surface area contributed by atoms with Gasteiger partial charge in [-0.05, 0) is 17.7 Å². The fourth-order valence-electron chi connectivity index (χ4n) is 2.92. The molecule has 2 aromatic carbocycles. The minimum atomic E-state index is -0.696. The summed E-state index contributed by atoms with van der Waals surface area (Å²) in [6.07, 6.45) is 0. The molecule has 0 unspecified atom stereocenters. The predicted molar refractivity (Wildman–Crippen MR) is 97.6 cm³/mol. The number of aromatic nitrogens is 2. The zero-order chi connectivity index (χ0) is 17.9. The molecule has 2 amide bonds. The van der Waals surface area contributed by atoms with Crippen molar-refractivity contribution in [3.05, 3.63) is 54.1 Å². The number of carbonyl (C=O) groups is 2. The number of ether oxygens (including phenoxy) is 1. The molecule has 8 heteroatoms. The van der Waals surface area contributed by atoms with Crippen LogP contribution in [0.3, 0.4) is 0 Å². The Kier molecular flexibility index (Phi) is 4.59. The van der Waals surface area contributed by atoms with E-state index in [4.69, 9.17) is 4.74 Å². The maximum absolute atomic E-state index is 12.8. The number of carbonyl (C=O) groups excluding carboxylic acids is 2. The molecule has 7 nitrogen and oxygen atoms in total. The first-order valence-corrected chi connectivity index (χ1v) is 8.89. The van der Waals surface area contributed by atoms with Gasteiger partial charge in [-0.2, -0.15) is 8.75 Å². The topological polar surface area (TPSA) is 84.4 Å². The van der Waals surface area contributed by atoms with E-state index < -0.39 is 6.04 Å². The molecule has 1 fully saturated rings. The van der Waals surface area contributed by atoms with Crippen molar-refractivity contribution in [1.82, 2.24) is 13.6 Å². The van der Waals surface area contributed by atoms with Gasteiger partial charge in [0.05, 0.1) is 24.0 Å². The van der Waals surface area contributed by atoms with Crippen molar-refractivity contribution >= 4 is 40.3 Å². The van der Waals surface area contributed by atoms with Crippen LogP contribution < -0.4 is 5.32 Å². The molecule has 1 aliphatic rings. The first kappa shape index (κ1) is 16.6. The number of benzene rings is 2. The van der Waals surface area contributed by atoms with Crippen molar-refractivity contribution in [2.24, 2.45) is 0 Å². The lowest BCUT2D eigenvalue weighted by Gasteiger charge is -2.34. The van der Waals surface area contributed by atoms with Crippen LogP contribution >= 0.6 is 11.7 Å². The zero-order valence-corrected chi connectivity index (χ0v) is 14.6. The maximum Gasteiger partial charge on any atom is 0.249 e. The highest BCUT2D eigenvalue weighted by molar-refractivity contribution is 7.00. The van der Waals surface area contributed by atoms with Gasteiger partial charge in [0, 0.05) is 6.54 Å². The van der Waals surface area contributed by atoms with E-state index >= 15 is 0 Å². The molecule has 0 spiro atoms. The molecule has 2 heterocycles. The Morgan fingerprint density at radius 2 is 2.04 bits per heavy atom. The molecule has 1 aromatic heterocycles. The summed E-state index contributed by atoms with van der Waals surface area (Å²) in [5, 5.41) is 2.87. The predicted octanol–water partition coefficient (Wildman–Crippen LogP) is 2.06. The molecule has 0 radical (unpaired) electrons. The minimum absolute atomic E-state index is 0.0117.